The molecule has 8 heteroatoms. The summed E-state index contributed by atoms with van der Waals surface area (Å²) in [6, 6.07) is 22.3. The fourth-order valence-electron chi connectivity index (χ4n) is 5.09. The lowest BCUT2D eigenvalue weighted by atomic mass is 9.87. The molecule has 0 spiro atoms. The minimum absolute atomic E-state index is 0.0824. The van der Waals surface area contributed by atoms with Crippen LogP contribution in [0.3, 0.4) is 0 Å². The van der Waals surface area contributed by atoms with Gasteiger partial charge in [0.05, 0.1) is 13.2 Å². The van der Waals surface area contributed by atoms with E-state index in [2.05, 4.69) is 5.32 Å². The summed E-state index contributed by atoms with van der Waals surface area (Å²) in [5.74, 6) is 1.54. The second kappa shape index (κ2) is 10.9. The third kappa shape index (κ3) is 5.43. The van der Waals surface area contributed by atoms with Crippen molar-refractivity contribution in [1.29, 1.82) is 0 Å². The van der Waals surface area contributed by atoms with E-state index in [4.69, 9.17) is 13.9 Å². The second-order valence-electron chi connectivity index (χ2n) is 10.1. The molecule has 0 unspecified atom stereocenters. The Morgan fingerprint density at radius 1 is 0.975 bits per heavy atom. The number of methoxy groups -OCH3 is 1. The van der Waals surface area contributed by atoms with Gasteiger partial charge in [0.2, 0.25) is 5.91 Å². The van der Waals surface area contributed by atoms with E-state index in [1.165, 1.54) is 12.1 Å². The summed E-state index contributed by atoms with van der Waals surface area (Å²) < 4.78 is 30.6. The number of nitrogens with one attached hydrogen (secondary N) is 1. The van der Waals surface area contributed by atoms with Gasteiger partial charge in [-0.05, 0) is 96.6 Å². The van der Waals surface area contributed by atoms with Gasteiger partial charge in [0, 0.05) is 18.2 Å². The average molecular weight is 541 g/mol. The van der Waals surface area contributed by atoms with Gasteiger partial charge < -0.3 is 24.1 Å². The van der Waals surface area contributed by atoms with E-state index < -0.39 is 0 Å². The molecule has 1 aromatic heterocycles. The van der Waals surface area contributed by atoms with E-state index in [1.54, 1.807) is 55.6 Å². The Balaban J connectivity index is 1.17. The number of halogens is 1. The number of benzene rings is 3. The van der Waals surface area contributed by atoms with Crippen molar-refractivity contribution in [3.8, 4) is 11.5 Å². The SMILES string of the molecule is COc1ccc(NC(=O)c2ccc(COc3ccc4c(c3)[C@H](c3ccc(F)cc3)N(C(=O)C3CC3)CC4)o2)cc1. The maximum absolute atomic E-state index is 13.7. The smallest absolute Gasteiger partial charge is 0.291 e. The van der Waals surface area contributed by atoms with Crippen LogP contribution in [0.1, 0.15) is 51.9 Å². The van der Waals surface area contributed by atoms with Crippen molar-refractivity contribution in [2.45, 2.75) is 31.9 Å². The monoisotopic (exact) mass is 540 g/mol. The highest BCUT2D eigenvalue weighted by molar-refractivity contribution is 6.02. The maximum Gasteiger partial charge on any atom is 0.291 e. The van der Waals surface area contributed by atoms with Crippen molar-refractivity contribution in [3.63, 3.8) is 0 Å². The first-order chi connectivity index (χ1) is 19.5. The van der Waals surface area contributed by atoms with Crippen molar-refractivity contribution in [3.05, 3.63) is 113 Å². The zero-order chi connectivity index (χ0) is 27.6. The first kappa shape index (κ1) is 25.7. The highest BCUT2D eigenvalue weighted by Gasteiger charge is 2.39. The van der Waals surface area contributed by atoms with Crippen LogP contribution in [0.15, 0.2) is 83.3 Å². The third-order valence-electron chi connectivity index (χ3n) is 7.36. The van der Waals surface area contributed by atoms with Crippen molar-refractivity contribution in [2.75, 3.05) is 19.0 Å². The number of rotatable bonds is 8. The molecule has 0 radical (unpaired) electrons. The van der Waals surface area contributed by atoms with Gasteiger partial charge >= 0.3 is 0 Å². The highest BCUT2D eigenvalue weighted by atomic mass is 19.1. The van der Waals surface area contributed by atoms with Crippen LogP contribution in [0.4, 0.5) is 10.1 Å². The third-order valence-corrected chi connectivity index (χ3v) is 7.36. The van der Waals surface area contributed by atoms with E-state index in [1.807, 2.05) is 23.1 Å². The Morgan fingerprint density at radius 2 is 1.73 bits per heavy atom. The number of carbonyl (C=O) groups is 2. The lowest BCUT2D eigenvalue weighted by Crippen LogP contribution is -2.41. The summed E-state index contributed by atoms with van der Waals surface area (Å²) in [4.78, 5) is 27.7. The molecule has 4 aromatic rings. The Labute approximate surface area is 231 Å². The van der Waals surface area contributed by atoms with Gasteiger partial charge in [0.15, 0.2) is 5.76 Å². The molecule has 1 aliphatic carbocycles. The molecular weight excluding hydrogens is 511 g/mol. The number of amides is 2. The summed E-state index contributed by atoms with van der Waals surface area (Å²) >= 11 is 0. The quantitative estimate of drug-likeness (QED) is 0.290. The topological polar surface area (TPSA) is 81.0 Å². The molecule has 40 heavy (non-hydrogen) atoms. The normalized spacial score (nSPS) is 16.2. The minimum atomic E-state index is -0.368. The maximum atomic E-state index is 13.7. The van der Waals surface area contributed by atoms with Gasteiger partial charge in [-0.1, -0.05) is 18.2 Å². The Morgan fingerprint density at radius 3 is 2.45 bits per heavy atom. The van der Waals surface area contributed by atoms with E-state index >= 15 is 0 Å². The number of carbonyl (C=O) groups excluding carboxylic acids is 2. The summed E-state index contributed by atoms with van der Waals surface area (Å²) in [6.45, 7) is 0.749. The average Bonchev–Trinajstić information content (AvgIpc) is 3.73. The molecule has 1 fully saturated rings. The van der Waals surface area contributed by atoms with Crippen LogP contribution in [0.2, 0.25) is 0 Å². The Bertz CT molecular complexity index is 1530. The summed E-state index contributed by atoms with van der Waals surface area (Å²) in [7, 11) is 1.58. The largest absolute Gasteiger partial charge is 0.497 e. The molecule has 6 rings (SSSR count). The van der Waals surface area contributed by atoms with Gasteiger partial charge in [-0.2, -0.15) is 0 Å². The van der Waals surface area contributed by atoms with Gasteiger partial charge in [0.1, 0.15) is 29.7 Å². The standard InChI is InChI=1S/C32H29FN2O5/c1-38-25-12-9-24(10-13-25)34-31(36)29-15-14-27(40-29)19-39-26-11-6-20-16-17-35(32(37)22-2-3-22)30(28(20)18-26)21-4-7-23(33)8-5-21/h4-15,18,22,30H,2-3,16-17,19H2,1H3,(H,34,36)/t30-/m0/s1. The number of furan rings is 1. The number of anilines is 1. The Kier molecular flexibility index (Phi) is 6.99. The number of nitrogens with zero attached hydrogens (tertiary/aromatic N) is 1. The Hall–Kier alpha value is -4.59. The first-order valence-corrected chi connectivity index (χ1v) is 13.3. The predicted molar refractivity (Wildman–Crippen MR) is 147 cm³/mol. The van der Waals surface area contributed by atoms with Crippen LogP contribution in [-0.2, 0) is 17.8 Å². The van der Waals surface area contributed by atoms with Crippen LogP contribution in [-0.4, -0.2) is 30.4 Å². The van der Waals surface area contributed by atoms with Crippen molar-refractivity contribution >= 4 is 17.5 Å². The van der Waals surface area contributed by atoms with E-state index in [9.17, 15) is 14.0 Å². The number of ether oxygens (including phenoxy) is 2. The predicted octanol–water partition coefficient (Wildman–Crippen LogP) is 6.14. The van der Waals surface area contributed by atoms with Crippen LogP contribution < -0.4 is 14.8 Å². The number of hydrogen-bond acceptors (Lipinski definition) is 5. The van der Waals surface area contributed by atoms with Crippen LogP contribution >= 0.6 is 0 Å². The zero-order valence-electron chi connectivity index (χ0n) is 22.1. The number of hydrogen-bond donors (Lipinski definition) is 1. The molecule has 2 heterocycles. The zero-order valence-corrected chi connectivity index (χ0v) is 22.1. The second-order valence-corrected chi connectivity index (χ2v) is 10.1. The molecule has 1 atom stereocenters. The molecule has 2 aliphatic rings. The molecule has 2 amide bonds. The minimum Gasteiger partial charge on any atom is -0.497 e. The molecule has 1 saturated carbocycles. The molecule has 1 N–H and O–H groups in total. The molecule has 0 bridgehead atoms. The van der Waals surface area contributed by atoms with E-state index in [-0.39, 0.29) is 42.0 Å². The summed E-state index contributed by atoms with van der Waals surface area (Å²) in [6.07, 6.45) is 2.59. The molecular formula is C32H29FN2O5. The molecule has 1 aliphatic heterocycles. The molecule has 0 saturated heterocycles. The van der Waals surface area contributed by atoms with E-state index in [0.717, 1.165) is 36.0 Å². The van der Waals surface area contributed by atoms with Crippen LogP contribution in [0.5, 0.6) is 11.5 Å². The summed E-state index contributed by atoms with van der Waals surface area (Å²) in [5, 5.41) is 2.80. The van der Waals surface area contributed by atoms with Gasteiger partial charge in [-0.25, -0.2) is 4.39 Å². The van der Waals surface area contributed by atoms with Gasteiger partial charge in [0.25, 0.3) is 5.91 Å². The fourth-order valence-corrected chi connectivity index (χ4v) is 5.09. The summed E-state index contributed by atoms with van der Waals surface area (Å²) in [5.41, 5.74) is 3.60. The lowest BCUT2D eigenvalue weighted by molar-refractivity contribution is -0.134. The van der Waals surface area contributed by atoms with Crippen molar-refractivity contribution < 1.29 is 27.9 Å². The van der Waals surface area contributed by atoms with Crippen LogP contribution in [0, 0.1) is 11.7 Å². The lowest BCUT2D eigenvalue weighted by Gasteiger charge is -2.38. The number of fused-ring (bicyclic) bond motifs is 1. The molecule has 204 valence electrons. The van der Waals surface area contributed by atoms with Crippen LogP contribution in [0.25, 0.3) is 0 Å². The fraction of sp³-hybridized carbons (Fsp3) is 0.250. The van der Waals surface area contributed by atoms with E-state index in [0.29, 0.717) is 29.5 Å². The van der Waals surface area contributed by atoms with Crippen molar-refractivity contribution in [2.24, 2.45) is 5.92 Å². The molecule has 3 aromatic carbocycles. The molecule has 7 nitrogen and oxygen atoms in total. The van der Waals surface area contributed by atoms with Gasteiger partial charge in [-0.3, -0.25) is 9.59 Å². The van der Waals surface area contributed by atoms with Crippen molar-refractivity contribution in [1.82, 2.24) is 4.90 Å². The van der Waals surface area contributed by atoms with Gasteiger partial charge in [-0.15, -0.1) is 0 Å². The highest BCUT2D eigenvalue weighted by Crippen LogP contribution is 2.41. The first-order valence-electron chi connectivity index (χ1n) is 13.3.